The summed E-state index contributed by atoms with van der Waals surface area (Å²) in [7, 11) is 1.25. The van der Waals surface area contributed by atoms with E-state index in [2.05, 4.69) is 20.1 Å². The Balaban J connectivity index is 1.29. The molecule has 0 radical (unpaired) electrons. The van der Waals surface area contributed by atoms with Crippen LogP contribution in [0.2, 0.25) is 0 Å². The molecule has 3 heterocycles. The van der Waals surface area contributed by atoms with Crippen LogP contribution in [-0.4, -0.2) is 98.8 Å². The van der Waals surface area contributed by atoms with E-state index in [0.717, 1.165) is 22.3 Å². The summed E-state index contributed by atoms with van der Waals surface area (Å²) in [6.45, 7) is 8.30. The van der Waals surface area contributed by atoms with E-state index >= 15 is 0 Å². The zero-order valence-corrected chi connectivity index (χ0v) is 39.1. The van der Waals surface area contributed by atoms with Gasteiger partial charge in [0.2, 0.25) is 0 Å². The van der Waals surface area contributed by atoms with Crippen molar-refractivity contribution in [3.63, 3.8) is 0 Å². The van der Waals surface area contributed by atoms with Crippen molar-refractivity contribution >= 4 is 5.97 Å². The number of carbonyl (C=O) groups is 1. The van der Waals surface area contributed by atoms with Crippen LogP contribution >= 0.6 is 0 Å². The van der Waals surface area contributed by atoms with Gasteiger partial charge in [-0.05, 0) is 59.0 Å². The molecule has 0 saturated carbocycles. The second-order valence-electron chi connectivity index (χ2n) is 17.2. The van der Waals surface area contributed by atoms with Gasteiger partial charge < -0.3 is 47.4 Å². The predicted octanol–water partition coefficient (Wildman–Crippen LogP) is 9.32. The molecule has 17 nitrogen and oxygen atoms in total. The monoisotopic (exact) mass is 934 g/mol. The number of nitrogens with zero attached hydrogens (tertiary/aromatic N) is 6. The quantitative estimate of drug-likeness (QED) is 0.0333. The number of azide groups is 2. The molecule has 17 heteroatoms. The van der Waals surface area contributed by atoms with Crippen LogP contribution in [0.3, 0.4) is 0 Å². The number of benzene rings is 4. The fraction of sp³-hybridized carbons (Fsp3) is 0.510. The van der Waals surface area contributed by atoms with Crippen LogP contribution in [0.4, 0.5) is 0 Å². The van der Waals surface area contributed by atoms with Crippen molar-refractivity contribution in [2.24, 2.45) is 16.1 Å². The molecule has 3 aliphatic rings. The van der Waals surface area contributed by atoms with Gasteiger partial charge in [-0.3, -0.25) is 0 Å². The summed E-state index contributed by atoms with van der Waals surface area (Å²) in [4.78, 5) is 20.6. The lowest BCUT2D eigenvalue weighted by Gasteiger charge is -2.50. The molecule has 15 unspecified atom stereocenters. The maximum atomic E-state index is 14.2. The van der Waals surface area contributed by atoms with Crippen molar-refractivity contribution in [3.05, 3.63) is 164 Å². The van der Waals surface area contributed by atoms with Crippen molar-refractivity contribution in [1.29, 1.82) is 0 Å². The lowest BCUT2D eigenvalue weighted by Crippen LogP contribution is -2.67. The number of carbonyl (C=O) groups excluding carboxylic acids is 1. The summed E-state index contributed by atoms with van der Waals surface area (Å²) in [6.07, 6.45) is -10.4. The number of hydrogen-bond donors (Lipinski definition) is 0. The fourth-order valence-corrected chi connectivity index (χ4v) is 9.22. The molecule has 0 spiro atoms. The third kappa shape index (κ3) is 12.6. The maximum absolute atomic E-state index is 14.2. The highest BCUT2D eigenvalue weighted by Crippen LogP contribution is 2.40. The summed E-state index contributed by atoms with van der Waals surface area (Å²) in [5, 5.41) is 8.36. The van der Waals surface area contributed by atoms with E-state index in [0.29, 0.717) is 12.8 Å². The van der Waals surface area contributed by atoms with Gasteiger partial charge in [-0.15, -0.1) is 0 Å². The van der Waals surface area contributed by atoms with Gasteiger partial charge in [-0.25, -0.2) is 4.79 Å². The molecule has 0 bridgehead atoms. The van der Waals surface area contributed by atoms with Crippen LogP contribution in [0, 0.1) is 5.92 Å². The van der Waals surface area contributed by atoms with E-state index in [-0.39, 0.29) is 38.4 Å². The van der Waals surface area contributed by atoms with Gasteiger partial charge in [0, 0.05) is 9.82 Å². The Morgan fingerprint density at radius 2 is 0.956 bits per heavy atom. The highest BCUT2D eigenvalue weighted by Gasteiger charge is 2.57. The van der Waals surface area contributed by atoms with Gasteiger partial charge in [0.15, 0.2) is 18.7 Å². The molecule has 4 aromatic carbocycles. The number of rotatable bonds is 21. The van der Waals surface area contributed by atoms with Gasteiger partial charge in [0.05, 0.1) is 64.0 Å². The molecule has 3 saturated heterocycles. The standard InChI is InChI=1S/C51H62N6O11/c1-6-38-42(32(3)40(54-56-52)33(4)64-38)66-51-48(63-31-37-26-18-11-19-27-37)45(62-30-36-24-16-10-17-25-36)46(47(68-51)49(58)59-5)67-50-41(55-57-53)44(61-29-35-22-14-9-15-23-35)43(39(7-2)65-50)60-28-34-20-12-8-13-21-34/h8-27,32-33,38-48,50-51H,6-7,28-31H2,1-5H3. The predicted molar refractivity (Wildman–Crippen MR) is 249 cm³/mol. The largest absolute Gasteiger partial charge is 0.467 e. The van der Waals surface area contributed by atoms with Crippen molar-refractivity contribution in [2.45, 2.75) is 153 Å². The second kappa shape index (κ2) is 25.3. The van der Waals surface area contributed by atoms with Crippen LogP contribution in [0.5, 0.6) is 0 Å². The van der Waals surface area contributed by atoms with E-state index in [9.17, 15) is 15.9 Å². The van der Waals surface area contributed by atoms with E-state index in [1.165, 1.54) is 7.11 Å². The van der Waals surface area contributed by atoms with Gasteiger partial charge in [-0.1, -0.05) is 152 Å². The van der Waals surface area contributed by atoms with Gasteiger partial charge in [-0.2, -0.15) is 0 Å². The van der Waals surface area contributed by atoms with Crippen LogP contribution in [-0.2, 0) is 78.6 Å². The van der Waals surface area contributed by atoms with Crippen molar-refractivity contribution in [1.82, 2.24) is 0 Å². The lowest BCUT2D eigenvalue weighted by molar-refractivity contribution is -0.364. The summed E-state index contributed by atoms with van der Waals surface area (Å²) < 4.78 is 66.3. The molecule has 4 aromatic rings. The zero-order valence-electron chi connectivity index (χ0n) is 39.1. The third-order valence-electron chi connectivity index (χ3n) is 12.7. The van der Waals surface area contributed by atoms with E-state index < -0.39 is 85.6 Å². The molecule has 0 N–H and O–H groups in total. The molecular formula is C51H62N6O11. The highest BCUT2D eigenvalue weighted by atomic mass is 16.8. The molecule has 0 aromatic heterocycles. The molecule has 0 aliphatic carbocycles. The first-order chi connectivity index (χ1) is 33.3. The Morgan fingerprint density at radius 3 is 1.43 bits per heavy atom. The van der Waals surface area contributed by atoms with Crippen molar-refractivity contribution < 1.29 is 52.2 Å². The van der Waals surface area contributed by atoms with Crippen LogP contribution < -0.4 is 0 Å². The number of methoxy groups -OCH3 is 1. The summed E-state index contributed by atoms with van der Waals surface area (Å²) >= 11 is 0. The SMILES string of the molecule is CCC1OC(C)C(N=[N+]=[N-])C(C)C1OC1OC(C(=O)OC)C(OC2OC(CC)C(OCc3ccccc3)C(OCc3ccccc3)C2N=[N+]=[N-])C(OCc2ccccc2)C1OCc1ccccc1. The number of ether oxygens (including phenoxy) is 10. The maximum Gasteiger partial charge on any atom is 0.337 e. The smallest absolute Gasteiger partial charge is 0.337 e. The minimum Gasteiger partial charge on any atom is -0.467 e. The zero-order chi connectivity index (χ0) is 47.8. The number of hydrogen-bond acceptors (Lipinski definition) is 13. The summed E-state index contributed by atoms with van der Waals surface area (Å²) in [5.74, 6) is -1.13. The Hall–Kier alpha value is -5.39. The van der Waals surface area contributed by atoms with Crippen molar-refractivity contribution in [2.75, 3.05) is 7.11 Å². The van der Waals surface area contributed by atoms with Gasteiger partial charge >= 0.3 is 5.97 Å². The fourth-order valence-electron chi connectivity index (χ4n) is 9.22. The summed E-state index contributed by atoms with van der Waals surface area (Å²) in [5.41, 5.74) is 23.2. The van der Waals surface area contributed by atoms with Gasteiger partial charge in [0.25, 0.3) is 0 Å². The normalized spacial score (nSPS) is 31.5. The molecule has 0 amide bonds. The molecule has 3 fully saturated rings. The Labute approximate surface area is 397 Å². The average Bonchev–Trinajstić information content (AvgIpc) is 3.38. The van der Waals surface area contributed by atoms with E-state index in [1.807, 2.05) is 149 Å². The first-order valence-electron chi connectivity index (χ1n) is 23.3. The molecule has 15 atom stereocenters. The van der Waals surface area contributed by atoms with E-state index in [4.69, 9.17) is 47.4 Å². The van der Waals surface area contributed by atoms with Crippen LogP contribution in [0.25, 0.3) is 20.9 Å². The lowest BCUT2D eigenvalue weighted by atomic mass is 9.85. The van der Waals surface area contributed by atoms with Gasteiger partial charge in [0.1, 0.15) is 36.6 Å². The number of esters is 1. The van der Waals surface area contributed by atoms with Crippen LogP contribution in [0.15, 0.2) is 132 Å². The summed E-state index contributed by atoms with van der Waals surface area (Å²) in [6, 6.07) is 36.8. The average molecular weight is 935 g/mol. The topological polar surface area (TPSA) is 207 Å². The van der Waals surface area contributed by atoms with E-state index in [1.54, 1.807) is 0 Å². The first kappa shape index (κ1) is 50.5. The van der Waals surface area contributed by atoms with Crippen molar-refractivity contribution in [3.8, 4) is 0 Å². The molecule has 362 valence electrons. The second-order valence-corrected chi connectivity index (χ2v) is 17.2. The minimum absolute atomic E-state index is 0.0648. The molecule has 3 aliphatic heterocycles. The van der Waals surface area contributed by atoms with Crippen LogP contribution in [0.1, 0.15) is 62.8 Å². The minimum atomic E-state index is -1.50. The molecule has 68 heavy (non-hydrogen) atoms. The molecule has 7 rings (SSSR count). The first-order valence-corrected chi connectivity index (χ1v) is 23.3. The Morgan fingerprint density at radius 1 is 0.529 bits per heavy atom. The molecular weight excluding hydrogens is 873 g/mol. The third-order valence-corrected chi connectivity index (χ3v) is 12.7. The Kier molecular flexibility index (Phi) is 18.8. The Bertz CT molecular complexity index is 2240. The highest BCUT2D eigenvalue weighted by molar-refractivity contribution is 5.75.